The van der Waals surface area contributed by atoms with Crippen molar-refractivity contribution in [3.05, 3.63) is 36.0 Å². The molecule has 25 heavy (non-hydrogen) atoms. The number of Topliss-reactive ketones (excluding diaryl/α,β-unsaturated/α-hetero) is 1. The molecule has 0 spiro atoms. The molecule has 0 radical (unpaired) electrons. The van der Waals surface area contributed by atoms with Gasteiger partial charge >= 0.3 is 5.97 Å². The Morgan fingerprint density at radius 2 is 2.00 bits per heavy atom. The summed E-state index contributed by atoms with van der Waals surface area (Å²) in [6, 6.07) is 7.65. The zero-order valence-electron chi connectivity index (χ0n) is 14.3. The number of benzene rings is 1. The Labute approximate surface area is 146 Å². The summed E-state index contributed by atoms with van der Waals surface area (Å²) in [6.45, 7) is 2.92. The van der Waals surface area contributed by atoms with Crippen LogP contribution in [-0.2, 0) is 16.1 Å². The molecule has 1 aliphatic heterocycles. The van der Waals surface area contributed by atoms with E-state index in [1.165, 1.54) is 6.92 Å². The predicted octanol–water partition coefficient (Wildman–Crippen LogP) is 2.56. The average Bonchev–Trinajstić information content (AvgIpc) is 2.99. The monoisotopic (exact) mass is 342 g/mol. The van der Waals surface area contributed by atoms with Crippen LogP contribution in [0.15, 0.2) is 30.5 Å². The SMILES string of the molecule is CC(=O)c1cn(CCC(=O)N2CCC[C@H](C(=O)O)C2)c2ccccc12. The first-order valence-corrected chi connectivity index (χ1v) is 8.56. The number of hydrogen-bond donors (Lipinski definition) is 1. The molecule has 2 aromatic rings. The quantitative estimate of drug-likeness (QED) is 0.847. The highest BCUT2D eigenvalue weighted by atomic mass is 16.4. The average molecular weight is 342 g/mol. The normalized spacial score (nSPS) is 17.6. The molecule has 6 heteroatoms. The molecule has 1 saturated heterocycles. The van der Waals surface area contributed by atoms with Crippen LogP contribution < -0.4 is 0 Å². The summed E-state index contributed by atoms with van der Waals surface area (Å²) >= 11 is 0. The van der Waals surface area contributed by atoms with Gasteiger partial charge in [-0.25, -0.2) is 0 Å². The number of piperidine rings is 1. The standard InChI is InChI=1S/C19H22N2O4/c1-13(22)16-12-20(17-7-3-2-6-15(16)17)10-8-18(23)21-9-4-5-14(11-21)19(24)25/h2-3,6-7,12,14H,4-5,8-11H2,1H3,(H,24,25)/t14-/m0/s1. The fourth-order valence-electron chi connectivity index (χ4n) is 3.49. The van der Waals surface area contributed by atoms with Crippen molar-refractivity contribution in [2.24, 2.45) is 5.92 Å². The van der Waals surface area contributed by atoms with Crippen molar-refractivity contribution in [1.29, 1.82) is 0 Å². The molecular formula is C19H22N2O4. The number of carbonyl (C=O) groups is 3. The van der Waals surface area contributed by atoms with Gasteiger partial charge in [0.15, 0.2) is 5.78 Å². The number of carboxylic acid groups (broad SMARTS) is 1. The molecule has 0 aliphatic carbocycles. The Kier molecular flexibility index (Phi) is 4.88. The van der Waals surface area contributed by atoms with E-state index in [2.05, 4.69) is 0 Å². The van der Waals surface area contributed by atoms with Crippen molar-refractivity contribution in [1.82, 2.24) is 9.47 Å². The number of amides is 1. The summed E-state index contributed by atoms with van der Waals surface area (Å²) in [4.78, 5) is 37.1. The minimum atomic E-state index is -0.833. The minimum absolute atomic E-state index is 0.00149. The lowest BCUT2D eigenvalue weighted by Crippen LogP contribution is -2.42. The molecule has 1 aliphatic rings. The van der Waals surface area contributed by atoms with Crippen LogP contribution in [0.3, 0.4) is 0 Å². The van der Waals surface area contributed by atoms with Crippen LogP contribution in [0.2, 0.25) is 0 Å². The van der Waals surface area contributed by atoms with Gasteiger partial charge in [0.1, 0.15) is 0 Å². The highest BCUT2D eigenvalue weighted by molar-refractivity contribution is 6.07. The van der Waals surface area contributed by atoms with E-state index in [0.29, 0.717) is 38.0 Å². The molecule has 3 rings (SSSR count). The maximum atomic E-state index is 12.5. The summed E-state index contributed by atoms with van der Waals surface area (Å²) in [5, 5.41) is 10.0. The lowest BCUT2D eigenvalue weighted by molar-refractivity contribution is -0.145. The van der Waals surface area contributed by atoms with Crippen molar-refractivity contribution < 1.29 is 19.5 Å². The Balaban J connectivity index is 1.71. The van der Waals surface area contributed by atoms with Gasteiger partial charge in [0, 0.05) is 48.7 Å². The first-order chi connectivity index (χ1) is 12.0. The number of ketones is 1. The zero-order valence-corrected chi connectivity index (χ0v) is 14.3. The Morgan fingerprint density at radius 1 is 1.24 bits per heavy atom. The number of aliphatic carboxylic acids is 1. The lowest BCUT2D eigenvalue weighted by Gasteiger charge is -2.30. The second-order valence-corrected chi connectivity index (χ2v) is 6.58. The predicted molar refractivity (Wildman–Crippen MR) is 93.5 cm³/mol. The minimum Gasteiger partial charge on any atom is -0.481 e. The molecule has 0 saturated carbocycles. The molecule has 6 nitrogen and oxygen atoms in total. The number of para-hydroxylation sites is 1. The molecule has 0 bridgehead atoms. The molecule has 1 fully saturated rings. The third-order valence-corrected chi connectivity index (χ3v) is 4.86. The van der Waals surface area contributed by atoms with E-state index in [4.69, 9.17) is 5.11 Å². The van der Waals surface area contributed by atoms with Gasteiger partial charge in [0.2, 0.25) is 5.91 Å². The summed E-state index contributed by atoms with van der Waals surface area (Å²) in [5.41, 5.74) is 1.59. The number of carbonyl (C=O) groups excluding carboxylic acids is 2. The third kappa shape index (κ3) is 3.57. The first-order valence-electron chi connectivity index (χ1n) is 8.56. The van der Waals surface area contributed by atoms with E-state index < -0.39 is 11.9 Å². The van der Waals surface area contributed by atoms with E-state index in [1.807, 2.05) is 28.8 Å². The number of hydrogen-bond acceptors (Lipinski definition) is 3. The van der Waals surface area contributed by atoms with E-state index in [9.17, 15) is 14.4 Å². The van der Waals surface area contributed by atoms with Crippen LogP contribution in [0.25, 0.3) is 10.9 Å². The number of carboxylic acids is 1. The molecule has 0 unspecified atom stereocenters. The number of rotatable bonds is 5. The number of likely N-dealkylation sites (tertiary alicyclic amines) is 1. The molecule has 1 amide bonds. The highest BCUT2D eigenvalue weighted by Crippen LogP contribution is 2.23. The molecule has 2 heterocycles. The van der Waals surface area contributed by atoms with Crippen LogP contribution in [0.1, 0.15) is 36.5 Å². The van der Waals surface area contributed by atoms with Crippen LogP contribution >= 0.6 is 0 Å². The van der Waals surface area contributed by atoms with Crippen LogP contribution in [0.4, 0.5) is 0 Å². The van der Waals surface area contributed by atoms with Crippen molar-refractivity contribution in [2.45, 2.75) is 32.7 Å². The maximum absolute atomic E-state index is 12.5. The smallest absolute Gasteiger partial charge is 0.308 e. The molecule has 132 valence electrons. The van der Waals surface area contributed by atoms with Crippen LogP contribution in [-0.4, -0.2) is 45.3 Å². The summed E-state index contributed by atoms with van der Waals surface area (Å²) < 4.78 is 1.93. The van der Waals surface area contributed by atoms with Gasteiger partial charge in [0.05, 0.1) is 5.92 Å². The topological polar surface area (TPSA) is 79.6 Å². The van der Waals surface area contributed by atoms with Crippen LogP contribution in [0.5, 0.6) is 0 Å². The number of aromatic nitrogens is 1. The molecule has 1 aromatic heterocycles. The summed E-state index contributed by atoms with van der Waals surface area (Å²) in [7, 11) is 0. The number of fused-ring (bicyclic) bond motifs is 1. The fourth-order valence-corrected chi connectivity index (χ4v) is 3.49. The first kappa shape index (κ1) is 17.2. The van der Waals surface area contributed by atoms with Gasteiger partial charge in [-0.05, 0) is 25.8 Å². The van der Waals surface area contributed by atoms with Gasteiger partial charge in [-0.3, -0.25) is 14.4 Å². The fraction of sp³-hybridized carbons (Fsp3) is 0.421. The molecule has 1 atom stereocenters. The Morgan fingerprint density at radius 3 is 2.72 bits per heavy atom. The number of nitrogens with zero attached hydrogens (tertiary/aromatic N) is 2. The van der Waals surface area contributed by atoms with Gasteiger partial charge in [-0.2, -0.15) is 0 Å². The highest BCUT2D eigenvalue weighted by Gasteiger charge is 2.27. The summed E-state index contributed by atoms with van der Waals surface area (Å²) in [5.74, 6) is -1.33. The Hall–Kier alpha value is -2.63. The molecular weight excluding hydrogens is 320 g/mol. The van der Waals surface area contributed by atoms with E-state index in [-0.39, 0.29) is 11.7 Å². The maximum Gasteiger partial charge on any atom is 0.308 e. The molecule has 1 aromatic carbocycles. The van der Waals surface area contributed by atoms with E-state index in [0.717, 1.165) is 17.3 Å². The number of aryl methyl sites for hydroxylation is 1. The van der Waals surface area contributed by atoms with Gasteiger partial charge in [0.25, 0.3) is 0 Å². The lowest BCUT2D eigenvalue weighted by atomic mass is 9.98. The van der Waals surface area contributed by atoms with E-state index >= 15 is 0 Å². The van der Waals surface area contributed by atoms with Crippen molar-refractivity contribution in [3.63, 3.8) is 0 Å². The Bertz CT molecular complexity index is 824. The van der Waals surface area contributed by atoms with Crippen molar-refractivity contribution in [3.8, 4) is 0 Å². The summed E-state index contributed by atoms with van der Waals surface area (Å²) in [6.07, 6.45) is 3.45. The second-order valence-electron chi connectivity index (χ2n) is 6.58. The van der Waals surface area contributed by atoms with Gasteiger partial charge in [-0.1, -0.05) is 18.2 Å². The zero-order chi connectivity index (χ0) is 18.0. The van der Waals surface area contributed by atoms with Crippen LogP contribution in [0, 0.1) is 5.92 Å². The molecule has 1 N–H and O–H groups in total. The third-order valence-electron chi connectivity index (χ3n) is 4.86. The second kappa shape index (κ2) is 7.09. The van der Waals surface area contributed by atoms with Gasteiger partial charge in [-0.15, -0.1) is 0 Å². The van der Waals surface area contributed by atoms with E-state index in [1.54, 1.807) is 11.1 Å². The van der Waals surface area contributed by atoms with Gasteiger partial charge < -0.3 is 14.6 Å². The van der Waals surface area contributed by atoms with Crippen molar-refractivity contribution >= 4 is 28.6 Å². The van der Waals surface area contributed by atoms with Crippen molar-refractivity contribution in [2.75, 3.05) is 13.1 Å². The largest absolute Gasteiger partial charge is 0.481 e.